The average Bonchev–Trinajstić information content (AvgIpc) is 2.22. The van der Waals surface area contributed by atoms with E-state index < -0.39 is 38.2 Å². The Morgan fingerprint density at radius 1 is 0.933 bits per heavy atom. The molecule has 0 aromatic rings. The quantitative estimate of drug-likeness (QED) is 0.707. The first kappa shape index (κ1) is 14.2. The molecule has 0 amide bonds. The zero-order chi connectivity index (χ0) is 12.1. The fourth-order valence-electron chi connectivity index (χ4n) is 2.19. The zero-order valence-electron chi connectivity index (χ0n) is 11.6. The molecule has 0 aromatic carbocycles. The molecule has 0 atom stereocenters. The van der Waals surface area contributed by atoms with Crippen molar-refractivity contribution in [3.63, 3.8) is 0 Å². The van der Waals surface area contributed by atoms with E-state index >= 15 is 0 Å². The fourth-order valence-corrected chi connectivity index (χ4v) is 15.8. The standard InChI is InChI=1S/C10H26N2Si2.Sn/c1-10(2,12-14(6,7)8)9-11-13(3,4)5;/h9H2,1-8H3;/q-2;+2. The van der Waals surface area contributed by atoms with Crippen molar-refractivity contribution < 1.29 is 0 Å². The first-order chi connectivity index (χ1) is 6.44. The van der Waals surface area contributed by atoms with Crippen LogP contribution in [0.15, 0.2) is 0 Å². The summed E-state index contributed by atoms with van der Waals surface area (Å²) in [4.78, 5) is 0. The molecular weight excluding hydrogens is 323 g/mol. The molecule has 15 heavy (non-hydrogen) atoms. The van der Waals surface area contributed by atoms with E-state index in [0.717, 1.165) is 0 Å². The summed E-state index contributed by atoms with van der Waals surface area (Å²) in [5, 5.41) is 0. The second-order valence-corrected chi connectivity index (χ2v) is 22.8. The van der Waals surface area contributed by atoms with Crippen LogP contribution in [-0.4, -0.2) is 55.8 Å². The third kappa shape index (κ3) is 3.31. The van der Waals surface area contributed by atoms with Gasteiger partial charge in [0.15, 0.2) is 0 Å². The van der Waals surface area contributed by atoms with Crippen LogP contribution in [0.1, 0.15) is 13.8 Å². The van der Waals surface area contributed by atoms with Gasteiger partial charge in [0.25, 0.3) is 0 Å². The van der Waals surface area contributed by atoms with Crippen molar-refractivity contribution in [3.8, 4) is 0 Å². The van der Waals surface area contributed by atoms with Crippen molar-refractivity contribution in [1.29, 1.82) is 0 Å². The molecule has 2 radical (unpaired) electrons. The number of hydrogen-bond acceptors (Lipinski definition) is 2. The molecule has 0 aromatic heterocycles. The molecule has 1 heterocycles. The van der Waals surface area contributed by atoms with Crippen LogP contribution >= 0.6 is 0 Å². The van der Waals surface area contributed by atoms with Crippen LogP contribution in [0.3, 0.4) is 0 Å². The van der Waals surface area contributed by atoms with E-state index in [1.54, 1.807) is 0 Å². The van der Waals surface area contributed by atoms with Crippen LogP contribution < -0.4 is 0 Å². The second kappa shape index (κ2) is 4.12. The van der Waals surface area contributed by atoms with Gasteiger partial charge in [-0.05, 0) is 0 Å². The second-order valence-electron chi connectivity index (χ2n) is 7.18. The van der Waals surface area contributed by atoms with Crippen LogP contribution in [0, 0.1) is 0 Å². The molecule has 1 aliphatic rings. The fraction of sp³-hybridized carbons (Fsp3) is 1.00. The van der Waals surface area contributed by atoms with E-state index in [2.05, 4.69) is 58.7 Å². The molecular formula is C10H26N2Si2Sn. The van der Waals surface area contributed by atoms with Crippen molar-refractivity contribution in [2.45, 2.75) is 58.7 Å². The molecule has 0 N–H and O–H groups in total. The van der Waals surface area contributed by atoms with E-state index in [1.165, 1.54) is 6.54 Å². The molecule has 0 spiro atoms. The third-order valence-corrected chi connectivity index (χ3v) is 22.8. The van der Waals surface area contributed by atoms with Crippen molar-refractivity contribution in [2.24, 2.45) is 0 Å². The third-order valence-electron chi connectivity index (χ3n) is 2.85. The predicted molar refractivity (Wildman–Crippen MR) is 75.1 cm³/mol. The van der Waals surface area contributed by atoms with Crippen LogP contribution in [0.2, 0.25) is 39.3 Å². The zero-order valence-corrected chi connectivity index (χ0v) is 16.5. The van der Waals surface area contributed by atoms with Gasteiger partial charge in [-0.1, -0.05) is 0 Å². The first-order valence-electron chi connectivity index (χ1n) is 5.79. The molecule has 88 valence electrons. The van der Waals surface area contributed by atoms with Gasteiger partial charge in [-0.2, -0.15) is 0 Å². The van der Waals surface area contributed by atoms with Gasteiger partial charge in [0, 0.05) is 0 Å². The van der Waals surface area contributed by atoms with Crippen molar-refractivity contribution >= 4 is 38.2 Å². The molecule has 0 saturated carbocycles. The van der Waals surface area contributed by atoms with Crippen LogP contribution in [0.4, 0.5) is 0 Å². The average molecular weight is 349 g/mol. The maximum atomic E-state index is 2.95. The summed E-state index contributed by atoms with van der Waals surface area (Å²) in [5.74, 6) is 0. The number of rotatable bonds is 2. The normalized spacial score (nSPS) is 24.8. The van der Waals surface area contributed by atoms with E-state index in [0.29, 0.717) is 5.54 Å². The topological polar surface area (TPSA) is 6.48 Å². The van der Waals surface area contributed by atoms with Gasteiger partial charge in [0.05, 0.1) is 0 Å². The van der Waals surface area contributed by atoms with E-state index in [1.807, 2.05) is 0 Å². The minimum atomic E-state index is -1.09. The summed E-state index contributed by atoms with van der Waals surface area (Å²) in [7, 11) is -2.13. The van der Waals surface area contributed by atoms with E-state index in [9.17, 15) is 0 Å². The van der Waals surface area contributed by atoms with Crippen LogP contribution in [-0.2, 0) is 0 Å². The molecule has 1 saturated heterocycles. The Labute approximate surface area is 109 Å². The summed E-state index contributed by atoms with van der Waals surface area (Å²) < 4.78 is 5.86. The monoisotopic (exact) mass is 350 g/mol. The molecule has 0 unspecified atom stereocenters. The van der Waals surface area contributed by atoms with Gasteiger partial charge < -0.3 is 0 Å². The molecule has 2 nitrogen and oxygen atoms in total. The van der Waals surface area contributed by atoms with Gasteiger partial charge in [-0.3, -0.25) is 0 Å². The Balaban J connectivity index is 2.87. The summed E-state index contributed by atoms with van der Waals surface area (Å²) in [6.45, 7) is 21.2. The number of hydrogen-bond donors (Lipinski definition) is 0. The molecule has 1 aliphatic heterocycles. The first-order valence-corrected chi connectivity index (χ1v) is 15.2. The SMILES string of the molecule is CC1(C)C[N]([Si](C)(C)C)[Sn][N]1[Si](C)(C)C. The summed E-state index contributed by atoms with van der Waals surface area (Å²) >= 11 is -0.455. The Kier molecular flexibility index (Phi) is 3.90. The summed E-state index contributed by atoms with van der Waals surface area (Å²) in [6, 6.07) is 0. The summed E-state index contributed by atoms with van der Waals surface area (Å²) in [6.07, 6.45) is 0. The van der Waals surface area contributed by atoms with E-state index in [-0.39, 0.29) is 0 Å². The van der Waals surface area contributed by atoms with Crippen molar-refractivity contribution in [3.05, 3.63) is 0 Å². The predicted octanol–water partition coefficient (Wildman–Crippen LogP) is 2.59. The Morgan fingerprint density at radius 3 is 1.60 bits per heavy atom. The number of nitrogens with zero attached hydrogens (tertiary/aromatic N) is 2. The van der Waals surface area contributed by atoms with Crippen molar-refractivity contribution in [2.75, 3.05) is 6.54 Å². The van der Waals surface area contributed by atoms with E-state index in [4.69, 9.17) is 0 Å². The van der Waals surface area contributed by atoms with Crippen LogP contribution in [0.25, 0.3) is 0 Å². The van der Waals surface area contributed by atoms with Crippen molar-refractivity contribution in [1.82, 2.24) is 5.57 Å². The molecule has 1 fully saturated rings. The molecule has 1 rings (SSSR count). The van der Waals surface area contributed by atoms with Gasteiger partial charge >= 0.3 is 109 Å². The molecule has 0 bridgehead atoms. The van der Waals surface area contributed by atoms with Gasteiger partial charge in [0.2, 0.25) is 0 Å². The van der Waals surface area contributed by atoms with Gasteiger partial charge in [-0.15, -0.1) is 0 Å². The van der Waals surface area contributed by atoms with Crippen LogP contribution in [0.5, 0.6) is 0 Å². The minimum absolute atomic E-state index is 0.455. The van der Waals surface area contributed by atoms with Gasteiger partial charge in [-0.25, -0.2) is 0 Å². The Hall–Kier alpha value is 1.15. The molecule has 0 aliphatic carbocycles. The Bertz CT molecular complexity index is 243. The van der Waals surface area contributed by atoms with Gasteiger partial charge in [0.1, 0.15) is 0 Å². The molecule has 5 heteroatoms. The Morgan fingerprint density at radius 2 is 1.40 bits per heavy atom. The summed E-state index contributed by atoms with van der Waals surface area (Å²) in [5.41, 5.74) is 0.455. The maximum absolute atomic E-state index is 2.95.